The van der Waals surface area contributed by atoms with Crippen molar-refractivity contribution < 1.29 is 5.21 Å². The summed E-state index contributed by atoms with van der Waals surface area (Å²) in [6, 6.07) is 11.2. The highest BCUT2D eigenvalue weighted by molar-refractivity contribution is 6.01. The smallest absolute Gasteiger partial charge is 0.0701 e. The average molecular weight is 174 g/mol. The molecule has 0 aliphatic rings. The van der Waals surface area contributed by atoms with Gasteiger partial charge in [-0.1, -0.05) is 24.3 Å². The molecule has 13 heavy (non-hydrogen) atoms. The molecule has 0 saturated heterocycles. The first-order valence-corrected chi connectivity index (χ1v) is 4.00. The molecule has 0 amide bonds. The standard InChI is InChI=1S/C10H10N2O/c11-8-5-1-3-7-4-2-6-9(12-13)10(7)8/h1-6,12-13H,11H2. The summed E-state index contributed by atoms with van der Waals surface area (Å²) in [4.78, 5) is 0. The van der Waals surface area contributed by atoms with Crippen molar-refractivity contribution in [3.63, 3.8) is 0 Å². The second kappa shape index (κ2) is 2.95. The molecule has 0 saturated carbocycles. The number of hydrogen-bond donors (Lipinski definition) is 3. The van der Waals surface area contributed by atoms with Gasteiger partial charge in [0.2, 0.25) is 0 Å². The van der Waals surface area contributed by atoms with Gasteiger partial charge in [0.15, 0.2) is 0 Å². The van der Waals surface area contributed by atoms with E-state index >= 15 is 0 Å². The van der Waals surface area contributed by atoms with Crippen molar-refractivity contribution in [3.05, 3.63) is 36.4 Å². The van der Waals surface area contributed by atoms with Crippen LogP contribution in [0.25, 0.3) is 10.8 Å². The van der Waals surface area contributed by atoms with Gasteiger partial charge in [-0.15, -0.1) is 0 Å². The molecule has 0 aliphatic heterocycles. The van der Waals surface area contributed by atoms with Crippen molar-refractivity contribution in [2.45, 2.75) is 0 Å². The third-order valence-corrected chi connectivity index (χ3v) is 2.06. The number of anilines is 2. The number of benzene rings is 2. The summed E-state index contributed by atoms with van der Waals surface area (Å²) >= 11 is 0. The van der Waals surface area contributed by atoms with Gasteiger partial charge in [-0.3, -0.25) is 10.7 Å². The van der Waals surface area contributed by atoms with Crippen LogP contribution in [0.3, 0.4) is 0 Å². The van der Waals surface area contributed by atoms with E-state index in [9.17, 15) is 0 Å². The number of rotatable bonds is 1. The van der Waals surface area contributed by atoms with E-state index in [0.29, 0.717) is 11.4 Å². The minimum Gasteiger partial charge on any atom is -0.398 e. The fraction of sp³-hybridized carbons (Fsp3) is 0. The maximum absolute atomic E-state index is 8.85. The average Bonchev–Trinajstić information content (AvgIpc) is 2.17. The molecule has 0 spiro atoms. The van der Waals surface area contributed by atoms with Crippen LogP contribution in [0, 0.1) is 0 Å². The minimum atomic E-state index is 0.635. The highest BCUT2D eigenvalue weighted by Crippen LogP contribution is 2.27. The van der Waals surface area contributed by atoms with Gasteiger partial charge in [0.05, 0.1) is 5.69 Å². The van der Waals surface area contributed by atoms with Crippen LogP contribution >= 0.6 is 0 Å². The summed E-state index contributed by atoms with van der Waals surface area (Å²) in [7, 11) is 0. The summed E-state index contributed by atoms with van der Waals surface area (Å²) < 4.78 is 0. The SMILES string of the molecule is Nc1cccc2cccc(NO)c12. The van der Waals surface area contributed by atoms with E-state index in [1.165, 1.54) is 0 Å². The van der Waals surface area contributed by atoms with Gasteiger partial charge in [-0.05, 0) is 17.5 Å². The van der Waals surface area contributed by atoms with E-state index in [1.54, 1.807) is 6.07 Å². The van der Waals surface area contributed by atoms with Crippen molar-refractivity contribution in [2.24, 2.45) is 0 Å². The molecule has 66 valence electrons. The van der Waals surface area contributed by atoms with Crippen LogP contribution in [-0.4, -0.2) is 5.21 Å². The summed E-state index contributed by atoms with van der Waals surface area (Å²) in [5.74, 6) is 0. The molecular formula is C10H10N2O. The van der Waals surface area contributed by atoms with Gasteiger partial charge in [-0.2, -0.15) is 0 Å². The first-order valence-electron chi connectivity index (χ1n) is 4.00. The Hall–Kier alpha value is -1.74. The first-order chi connectivity index (χ1) is 6.33. The van der Waals surface area contributed by atoms with Crippen LogP contribution in [0.1, 0.15) is 0 Å². The fourth-order valence-electron chi connectivity index (χ4n) is 1.46. The van der Waals surface area contributed by atoms with Crippen LogP contribution in [0.5, 0.6) is 0 Å². The van der Waals surface area contributed by atoms with Gasteiger partial charge in [-0.25, -0.2) is 0 Å². The van der Waals surface area contributed by atoms with Gasteiger partial charge < -0.3 is 5.73 Å². The van der Waals surface area contributed by atoms with Gasteiger partial charge in [0, 0.05) is 11.1 Å². The Morgan fingerprint density at radius 1 is 1.08 bits per heavy atom. The molecule has 3 heteroatoms. The predicted octanol–water partition coefficient (Wildman–Crippen LogP) is 2.22. The Morgan fingerprint density at radius 3 is 2.46 bits per heavy atom. The van der Waals surface area contributed by atoms with Crippen LogP contribution < -0.4 is 11.2 Å². The summed E-state index contributed by atoms with van der Waals surface area (Å²) in [5, 5.41) is 10.7. The second-order valence-corrected chi connectivity index (χ2v) is 2.86. The molecule has 4 N–H and O–H groups in total. The summed E-state index contributed by atoms with van der Waals surface area (Å²) in [5.41, 5.74) is 9.21. The lowest BCUT2D eigenvalue weighted by molar-refractivity contribution is 0.390. The lowest BCUT2D eigenvalue weighted by Crippen LogP contribution is -1.93. The van der Waals surface area contributed by atoms with Gasteiger partial charge in [0.1, 0.15) is 0 Å². The zero-order chi connectivity index (χ0) is 9.26. The first kappa shape index (κ1) is 7.89. The molecule has 2 aromatic rings. The Kier molecular flexibility index (Phi) is 1.79. The number of nitrogen functional groups attached to an aromatic ring is 1. The second-order valence-electron chi connectivity index (χ2n) is 2.86. The van der Waals surface area contributed by atoms with E-state index < -0.39 is 0 Å². The van der Waals surface area contributed by atoms with Crippen LogP contribution in [0.15, 0.2) is 36.4 Å². The molecule has 2 aromatic carbocycles. The zero-order valence-electron chi connectivity index (χ0n) is 6.99. The molecule has 0 heterocycles. The zero-order valence-corrected chi connectivity index (χ0v) is 6.99. The molecule has 0 aliphatic carbocycles. The Balaban J connectivity index is 2.87. The van der Waals surface area contributed by atoms with Crippen molar-refractivity contribution >= 4 is 22.1 Å². The molecule has 0 unspecified atom stereocenters. The molecule has 3 nitrogen and oxygen atoms in total. The van der Waals surface area contributed by atoms with Crippen LogP contribution in [-0.2, 0) is 0 Å². The van der Waals surface area contributed by atoms with Crippen LogP contribution in [0.4, 0.5) is 11.4 Å². The fourth-order valence-corrected chi connectivity index (χ4v) is 1.46. The molecule has 0 aromatic heterocycles. The van der Waals surface area contributed by atoms with Gasteiger partial charge >= 0.3 is 0 Å². The molecule has 0 bridgehead atoms. The summed E-state index contributed by atoms with van der Waals surface area (Å²) in [6.07, 6.45) is 0. The van der Waals surface area contributed by atoms with Crippen molar-refractivity contribution in [3.8, 4) is 0 Å². The Morgan fingerprint density at radius 2 is 1.77 bits per heavy atom. The lowest BCUT2D eigenvalue weighted by atomic mass is 10.1. The number of hydrogen-bond acceptors (Lipinski definition) is 3. The Labute approximate surface area is 75.8 Å². The monoisotopic (exact) mass is 174 g/mol. The number of nitrogens with one attached hydrogen (secondary N) is 1. The number of fused-ring (bicyclic) bond motifs is 1. The minimum absolute atomic E-state index is 0.635. The third kappa shape index (κ3) is 1.19. The maximum Gasteiger partial charge on any atom is 0.0701 e. The topological polar surface area (TPSA) is 58.3 Å². The van der Waals surface area contributed by atoms with Crippen LogP contribution in [0.2, 0.25) is 0 Å². The van der Waals surface area contributed by atoms with Crippen molar-refractivity contribution in [1.29, 1.82) is 0 Å². The van der Waals surface area contributed by atoms with E-state index in [-0.39, 0.29) is 0 Å². The van der Waals surface area contributed by atoms with E-state index in [2.05, 4.69) is 5.48 Å². The lowest BCUT2D eigenvalue weighted by Gasteiger charge is -2.06. The predicted molar refractivity (Wildman–Crippen MR) is 53.8 cm³/mol. The Bertz CT molecular complexity index is 435. The molecule has 0 fully saturated rings. The molecule has 0 radical (unpaired) electrons. The van der Waals surface area contributed by atoms with E-state index in [4.69, 9.17) is 10.9 Å². The van der Waals surface area contributed by atoms with Crippen molar-refractivity contribution in [1.82, 2.24) is 0 Å². The normalized spacial score (nSPS) is 10.2. The number of nitrogens with two attached hydrogens (primary N) is 1. The maximum atomic E-state index is 8.85. The van der Waals surface area contributed by atoms with E-state index in [1.807, 2.05) is 30.3 Å². The van der Waals surface area contributed by atoms with Crippen molar-refractivity contribution in [2.75, 3.05) is 11.2 Å². The van der Waals surface area contributed by atoms with E-state index in [0.717, 1.165) is 10.8 Å². The summed E-state index contributed by atoms with van der Waals surface area (Å²) in [6.45, 7) is 0. The van der Waals surface area contributed by atoms with Gasteiger partial charge in [0.25, 0.3) is 0 Å². The molecule has 0 atom stereocenters. The molecular weight excluding hydrogens is 164 g/mol. The highest BCUT2D eigenvalue weighted by atomic mass is 16.5. The quantitative estimate of drug-likeness (QED) is 0.459. The third-order valence-electron chi connectivity index (χ3n) is 2.06. The highest BCUT2D eigenvalue weighted by Gasteiger charge is 2.01. The largest absolute Gasteiger partial charge is 0.398 e. The molecule has 2 rings (SSSR count).